The molecule has 2 aliphatic heterocycles. The predicted octanol–water partition coefficient (Wildman–Crippen LogP) is -1.80. The van der Waals surface area contributed by atoms with E-state index < -0.39 is 30.7 Å². The lowest BCUT2D eigenvalue weighted by Crippen LogP contribution is -2.43. The Balaban J connectivity index is 1.75. The zero-order chi connectivity index (χ0) is 13.1. The van der Waals surface area contributed by atoms with E-state index in [4.69, 9.17) is 9.57 Å². The number of aliphatic hydroxyl groups excluding tert-OH is 4. The molecular weight excluding hydrogens is 242 g/mol. The van der Waals surface area contributed by atoms with Gasteiger partial charge in [0, 0.05) is 13.1 Å². The standard InChI is InChI=1S/C11H21NO6/c13-7(6-17-12-4-2-1-3-5-12)10-8(14)9(15)11(16)18-10/h7-11,13-16H,1-6H2/t7-,8-,9+,10-,11+/m1/s1. The second-order valence-electron chi connectivity index (χ2n) is 4.83. The minimum absolute atomic E-state index is 0.0266. The fraction of sp³-hybridized carbons (Fsp3) is 1.00. The molecule has 0 amide bonds. The highest BCUT2D eigenvalue weighted by molar-refractivity contribution is 4.89. The molecule has 0 bridgehead atoms. The van der Waals surface area contributed by atoms with Crippen LogP contribution < -0.4 is 0 Å². The SMILES string of the molecule is O[C@@H]1[C@H](O)[C@@H](O)O[C@@H]1[C@H](O)CON1CCCCC1. The largest absolute Gasteiger partial charge is 0.388 e. The molecule has 4 N–H and O–H groups in total. The van der Waals surface area contributed by atoms with Crippen LogP contribution in [0.15, 0.2) is 0 Å². The van der Waals surface area contributed by atoms with E-state index in [1.165, 1.54) is 6.42 Å². The second-order valence-corrected chi connectivity index (χ2v) is 4.83. The highest BCUT2D eigenvalue weighted by Gasteiger charge is 2.45. The van der Waals surface area contributed by atoms with Crippen LogP contribution in [0.4, 0.5) is 0 Å². The molecule has 7 heteroatoms. The number of hydrogen-bond donors (Lipinski definition) is 4. The third-order valence-corrected chi connectivity index (χ3v) is 3.40. The van der Waals surface area contributed by atoms with Crippen molar-refractivity contribution in [2.75, 3.05) is 19.7 Å². The smallest absolute Gasteiger partial charge is 0.184 e. The number of hydroxylamine groups is 2. The number of rotatable bonds is 4. The molecule has 7 nitrogen and oxygen atoms in total. The van der Waals surface area contributed by atoms with Gasteiger partial charge in [0.1, 0.15) is 24.4 Å². The van der Waals surface area contributed by atoms with Gasteiger partial charge in [-0.05, 0) is 12.8 Å². The Kier molecular flexibility index (Phi) is 4.91. The first-order valence-electron chi connectivity index (χ1n) is 6.35. The average molecular weight is 263 g/mol. The van der Waals surface area contributed by atoms with Gasteiger partial charge in [-0.25, -0.2) is 0 Å². The molecule has 106 valence electrons. The van der Waals surface area contributed by atoms with E-state index >= 15 is 0 Å². The maximum absolute atomic E-state index is 9.83. The molecule has 2 saturated heterocycles. The van der Waals surface area contributed by atoms with Crippen LogP contribution in [0.2, 0.25) is 0 Å². The van der Waals surface area contributed by atoms with Gasteiger partial charge in [-0.15, -0.1) is 0 Å². The molecule has 0 radical (unpaired) electrons. The summed E-state index contributed by atoms with van der Waals surface area (Å²) < 4.78 is 4.89. The maximum Gasteiger partial charge on any atom is 0.184 e. The molecule has 2 rings (SSSR count). The van der Waals surface area contributed by atoms with Crippen LogP contribution in [0.5, 0.6) is 0 Å². The Hall–Kier alpha value is -0.280. The molecule has 2 heterocycles. The molecule has 2 fully saturated rings. The fourth-order valence-corrected chi connectivity index (χ4v) is 2.27. The first-order chi connectivity index (χ1) is 8.59. The van der Waals surface area contributed by atoms with Crippen LogP contribution in [0, 0.1) is 0 Å². The summed E-state index contributed by atoms with van der Waals surface area (Å²) in [5.74, 6) is 0. The van der Waals surface area contributed by atoms with Crippen molar-refractivity contribution in [2.24, 2.45) is 0 Å². The van der Waals surface area contributed by atoms with Crippen LogP contribution in [0.25, 0.3) is 0 Å². The predicted molar refractivity (Wildman–Crippen MR) is 60.3 cm³/mol. The lowest BCUT2D eigenvalue weighted by atomic mass is 10.1. The van der Waals surface area contributed by atoms with Crippen molar-refractivity contribution in [1.29, 1.82) is 0 Å². The van der Waals surface area contributed by atoms with Gasteiger partial charge < -0.3 is 25.2 Å². The minimum Gasteiger partial charge on any atom is -0.388 e. The van der Waals surface area contributed by atoms with Crippen LogP contribution in [-0.2, 0) is 9.57 Å². The van der Waals surface area contributed by atoms with E-state index in [-0.39, 0.29) is 6.61 Å². The molecule has 0 aliphatic carbocycles. The van der Waals surface area contributed by atoms with E-state index in [1.54, 1.807) is 5.06 Å². The van der Waals surface area contributed by atoms with Gasteiger partial charge in [-0.3, -0.25) is 4.84 Å². The topological polar surface area (TPSA) is 103 Å². The highest BCUT2D eigenvalue weighted by Crippen LogP contribution is 2.22. The number of ether oxygens (including phenoxy) is 1. The van der Waals surface area contributed by atoms with Crippen LogP contribution >= 0.6 is 0 Å². The number of piperidine rings is 1. The summed E-state index contributed by atoms with van der Waals surface area (Å²) in [7, 11) is 0. The molecule has 0 spiro atoms. The Bertz CT molecular complexity index is 260. The highest BCUT2D eigenvalue weighted by atomic mass is 16.7. The lowest BCUT2D eigenvalue weighted by Gasteiger charge is -2.28. The van der Waals surface area contributed by atoms with Crippen molar-refractivity contribution in [3.63, 3.8) is 0 Å². The zero-order valence-electron chi connectivity index (χ0n) is 10.2. The number of hydrogen-bond acceptors (Lipinski definition) is 7. The Morgan fingerprint density at radius 1 is 1.11 bits per heavy atom. The van der Waals surface area contributed by atoms with E-state index in [0.717, 1.165) is 25.9 Å². The molecule has 0 saturated carbocycles. The van der Waals surface area contributed by atoms with Crippen molar-refractivity contribution in [3.8, 4) is 0 Å². The van der Waals surface area contributed by atoms with E-state index in [2.05, 4.69) is 0 Å². The van der Waals surface area contributed by atoms with E-state index in [0.29, 0.717) is 0 Å². The van der Waals surface area contributed by atoms with E-state index in [9.17, 15) is 20.4 Å². The average Bonchev–Trinajstić information content (AvgIpc) is 2.65. The van der Waals surface area contributed by atoms with Crippen molar-refractivity contribution >= 4 is 0 Å². The number of nitrogens with zero attached hydrogens (tertiary/aromatic N) is 1. The molecule has 18 heavy (non-hydrogen) atoms. The van der Waals surface area contributed by atoms with Gasteiger partial charge in [0.15, 0.2) is 6.29 Å². The Morgan fingerprint density at radius 3 is 2.33 bits per heavy atom. The van der Waals surface area contributed by atoms with Crippen LogP contribution in [0.3, 0.4) is 0 Å². The number of aliphatic hydroxyl groups is 4. The van der Waals surface area contributed by atoms with Crippen LogP contribution in [0.1, 0.15) is 19.3 Å². The summed E-state index contributed by atoms with van der Waals surface area (Å²) in [6.07, 6.45) is -2.96. The maximum atomic E-state index is 9.83. The first-order valence-corrected chi connectivity index (χ1v) is 6.35. The van der Waals surface area contributed by atoms with Crippen molar-refractivity contribution < 1.29 is 30.0 Å². The summed E-state index contributed by atoms with van der Waals surface area (Å²) in [5, 5.41) is 39.7. The van der Waals surface area contributed by atoms with Crippen LogP contribution in [-0.4, -0.2) is 75.9 Å². The lowest BCUT2D eigenvalue weighted by molar-refractivity contribution is -0.210. The van der Waals surface area contributed by atoms with Gasteiger partial charge >= 0.3 is 0 Å². The summed E-state index contributed by atoms with van der Waals surface area (Å²) in [6.45, 7) is 1.62. The monoisotopic (exact) mass is 263 g/mol. The molecule has 0 aromatic heterocycles. The molecule has 0 unspecified atom stereocenters. The second kappa shape index (κ2) is 6.25. The van der Waals surface area contributed by atoms with Gasteiger partial charge in [0.2, 0.25) is 0 Å². The molecular formula is C11H21NO6. The molecule has 2 aliphatic rings. The van der Waals surface area contributed by atoms with Gasteiger partial charge in [-0.2, -0.15) is 5.06 Å². The third kappa shape index (κ3) is 3.18. The van der Waals surface area contributed by atoms with Crippen molar-refractivity contribution in [1.82, 2.24) is 5.06 Å². The van der Waals surface area contributed by atoms with Gasteiger partial charge in [-0.1, -0.05) is 6.42 Å². The summed E-state index contributed by atoms with van der Waals surface area (Å²) in [4.78, 5) is 5.40. The van der Waals surface area contributed by atoms with Crippen molar-refractivity contribution in [3.05, 3.63) is 0 Å². The fourth-order valence-electron chi connectivity index (χ4n) is 2.27. The molecule has 5 atom stereocenters. The summed E-state index contributed by atoms with van der Waals surface area (Å²) in [6, 6.07) is 0. The Labute approximate surface area is 105 Å². The quantitative estimate of drug-likeness (QED) is 0.475. The normalized spacial score (nSPS) is 40.0. The zero-order valence-corrected chi connectivity index (χ0v) is 10.2. The van der Waals surface area contributed by atoms with Gasteiger partial charge in [0.25, 0.3) is 0 Å². The first kappa shape index (κ1) is 14.1. The summed E-state index contributed by atoms with van der Waals surface area (Å²) in [5.41, 5.74) is 0. The molecule has 0 aromatic rings. The molecule has 0 aromatic carbocycles. The van der Waals surface area contributed by atoms with E-state index in [1.807, 2.05) is 0 Å². The summed E-state index contributed by atoms with van der Waals surface area (Å²) >= 11 is 0. The Morgan fingerprint density at radius 2 is 1.78 bits per heavy atom. The van der Waals surface area contributed by atoms with Crippen molar-refractivity contribution in [2.45, 2.75) is 50.0 Å². The van der Waals surface area contributed by atoms with Gasteiger partial charge in [0.05, 0.1) is 6.61 Å². The third-order valence-electron chi connectivity index (χ3n) is 3.40. The minimum atomic E-state index is -1.46.